The van der Waals surface area contributed by atoms with Gasteiger partial charge in [-0.2, -0.15) is 0 Å². The number of hydrogen-bond acceptors (Lipinski definition) is 3. The second kappa shape index (κ2) is 4.52. The molecule has 0 amide bonds. The van der Waals surface area contributed by atoms with Gasteiger partial charge in [0.25, 0.3) is 0 Å². The van der Waals surface area contributed by atoms with E-state index in [1.54, 1.807) is 4.57 Å². The van der Waals surface area contributed by atoms with Crippen LogP contribution < -0.4 is 5.69 Å². The monoisotopic (exact) mass is 280 g/mol. The number of sulfone groups is 1. The first-order valence-electron chi connectivity index (χ1n) is 6.47. The molecule has 0 saturated carbocycles. The number of nitrogens with one attached hydrogen (secondary N) is 1. The summed E-state index contributed by atoms with van der Waals surface area (Å²) in [6, 6.07) is 7.35. The number of rotatable bonds is 2. The Kier molecular flexibility index (Phi) is 2.97. The van der Waals surface area contributed by atoms with Crippen molar-refractivity contribution < 1.29 is 8.42 Å². The molecule has 5 nitrogen and oxygen atoms in total. The van der Waals surface area contributed by atoms with E-state index in [0.717, 1.165) is 23.9 Å². The van der Waals surface area contributed by atoms with E-state index in [4.69, 9.17) is 0 Å². The quantitative estimate of drug-likeness (QED) is 0.901. The molecule has 1 aromatic heterocycles. The Morgan fingerprint density at radius 2 is 2.05 bits per heavy atom. The average molecular weight is 280 g/mol. The van der Waals surface area contributed by atoms with E-state index in [2.05, 4.69) is 4.98 Å². The maximum Gasteiger partial charge on any atom is 0.326 e. The van der Waals surface area contributed by atoms with Crippen LogP contribution in [0.5, 0.6) is 0 Å². The zero-order chi connectivity index (χ0) is 13.5. The zero-order valence-electron chi connectivity index (χ0n) is 10.5. The van der Waals surface area contributed by atoms with Crippen molar-refractivity contribution in [2.24, 2.45) is 0 Å². The molecule has 2 aromatic rings. The zero-order valence-corrected chi connectivity index (χ0v) is 11.3. The maximum atomic E-state index is 12.0. The fourth-order valence-corrected chi connectivity index (χ4v) is 4.56. The highest BCUT2D eigenvalue weighted by atomic mass is 32.2. The van der Waals surface area contributed by atoms with Gasteiger partial charge in [-0.05, 0) is 25.0 Å². The molecular formula is C13H16N2O3S. The number of aromatic nitrogens is 2. The molecule has 1 aromatic carbocycles. The van der Waals surface area contributed by atoms with Crippen molar-refractivity contribution in [2.45, 2.75) is 31.1 Å². The first-order valence-corrected chi connectivity index (χ1v) is 8.18. The van der Waals surface area contributed by atoms with E-state index in [9.17, 15) is 13.2 Å². The Labute approximate surface area is 111 Å². The molecule has 1 atom stereocenters. The lowest BCUT2D eigenvalue weighted by Crippen LogP contribution is -2.34. The predicted octanol–water partition coefficient (Wildman–Crippen LogP) is 1.30. The van der Waals surface area contributed by atoms with Crippen LogP contribution in [0.4, 0.5) is 0 Å². The molecule has 6 heteroatoms. The molecule has 19 heavy (non-hydrogen) atoms. The Bertz CT molecular complexity index is 758. The van der Waals surface area contributed by atoms with Crippen molar-refractivity contribution in [3.8, 4) is 0 Å². The molecule has 3 rings (SSSR count). The van der Waals surface area contributed by atoms with Crippen LogP contribution in [-0.2, 0) is 16.4 Å². The lowest BCUT2D eigenvalue weighted by molar-refractivity contribution is 0.508. The van der Waals surface area contributed by atoms with E-state index in [1.165, 1.54) is 0 Å². The SMILES string of the molecule is O=c1[nH]c2ccccc2n1CC1CCCCS1(=O)=O. The Balaban J connectivity index is 2.02. The molecule has 0 bridgehead atoms. The van der Waals surface area contributed by atoms with Gasteiger partial charge in [0.15, 0.2) is 9.84 Å². The topological polar surface area (TPSA) is 71.9 Å². The fraction of sp³-hybridized carbons (Fsp3) is 0.462. The van der Waals surface area contributed by atoms with Crippen LogP contribution in [0.15, 0.2) is 29.1 Å². The number of aromatic amines is 1. The summed E-state index contributed by atoms with van der Waals surface area (Å²) in [5.41, 5.74) is 1.29. The smallest absolute Gasteiger partial charge is 0.306 e. The van der Waals surface area contributed by atoms with Crippen LogP contribution in [0.25, 0.3) is 11.0 Å². The number of benzene rings is 1. The molecule has 1 unspecified atom stereocenters. The first kappa shape index (κ1) is 12.5. The molecule has 0 spiro atoms. The average Bonchev–Trinajstić information content (AvgIpc) is 2.68. The summed E-state index contributed by atoms with van der Waals surface area (Å²) in [6.07, 6.45) is 2.30. The Hall–Kier alpha value is -1.56. The first-order chi connectivity index (χ1) is 9.08. The standard InChI is InChI=1S/C13H16N2O3S/c16-13-14-11-6-1-2-7-12(11)15(13)9-10-5-3-4-8-19(10,17)18/h1-2,6-7,10H,3-5,8-9H2,(H,14,16). The van der Waals surface area contributed by atoms with Crippen molar-refractivity contribution in [1.29, 1.82) is 0 Å². The second-order valence-corrected chi connectivity index (χ2v) is 7.44. The van der Waals surface area contributed by atoms with Gasteiger partial charge in [-0.25, -0.2) is 13.2 Å². The van der Waals surface area contributed by atoms with Crippen molar-refractivity contribution in [3.63, 3.8) is 0 Å². The number of nitrogens with zero attached hydrogens (tertiary/aromatic N) is 1. The van der Waals surface area contributed by atoms with Gasteiger partial charge in [-0.1, -0.05) is 18.6 Å². The van der Waals surface area contributed by atoms with Gasteiger partial charge in [0, 0.05) is 6.54 Å². The van der Waals surface area contributed by atoms with Gasteiger partial charge in [0.2, 0.25) is 0 Å². The lowest BCUT2D eigenvalue weighted by Gasteiger charge is -2.22. The van der Waals surface area contributed by atoms with Crippen LogP contribution in [-0.4, -0.2) is 29.0 Å². The van der Waals surface area contributed by atoms with E-state index in [0.29, 0.717) is 6.42 Å². The summed E-state index contributed by atoms with van der Waals surface area (Å²) in [7, 11) is -3.06. The minimum atomic E-state index is -3.06. The molecule has 1 saturated heterocycles. The summed E-state index contributed by atoms with van der Waals surface area (Å²) in [6.45, 7) is 0.255. The predicted molar refractivity (Wildman–Crippen MR) is 74.0 cm³/mol. The number of imidazole rings is 1. The Morgan fingerprint density at radius 1 is 1.26 bits per heavy atom. The lowest BCUT2D eigenvalue weighted by atomic mass is 10.2. The maximum absolute atomic E-state index is 12.0. The third-order valence-corrected chi connectivity index (χ3v) is 6.04. The van der Waals surface area contributed by atoms with Crippen LogP contribution in [0.3, 0.4) is 0 Å². The van der Waals surface area contributed by atoms with Crippen LogP contribution in [0.1, 0.15) is 19.3 Å². The highest BCUT2D eigenvalue weighted by molar-refractivity contribution is 7.92. The van der Waals surface area contributed by atoms with Crippen molar-refractivity contribution in [1.82, 2.24) is 9.55 Å². The molecule has 1 aliphatic rings. The Morgan fingerprint density at radius 3 is 2.84 bits per heavy atom. The van der Waals surface area contributed by atoms with E-state index < -0.39 is 15.1 Å². The third kappa shape index (κ3) is 2.20. The molecule has 1 N–H and O–H groups in total. The van der Waals surface area contributed by atoms with Gasteiger partial charge in [-0.15, -0.1) is 0 Å². The molecule has 1 fully saturated rings. The van der Waals surface area contributed by atoms with Crippen molar-refractivity contribution >= 4 is 20.9 Å². The van der Waals surface area contributed by atoms with E-state index in [-0.39, 0.29) is 18.0 Å². The molecule has 1 aliphatic heterocycles. The fourth-order valence-electron chi connectivity index (χ4n) is 2.72. The van der Waals surface area contributed by atoms with Gasteiger partial charge in [-0.3, -0.25) is 4.57 Å². The molecular weight excluding hydrogens is 264 g/mol. The van der Waals surface area contributed by atoms with Gasteiger partial charge in [0.1, 0.15) is 0 Å². The van der Waals surface area contributed by atoms with Crippen LogP contribution >= 0.6 is 0 Å². The van der Waals surface area contributed by atoms with E-state index in [1.807, 2.05) is 24.3 Å². The summed E-state index contributed by atoms with van der Waals surface area (Å²) in [5.74, 6) is 0.245. The number of para-hydroxylation sites is 2. The highest BCUT2D eigenvalue weighted by Gasteiger charge is 2.29. The number of hydrogen-bond donors (Lipinski definition) is 1. The number of fused-ring (bicyclic) bond motifs is 1. The summed E-state index contributed by atoms with van der Waals surface area (Å²) in [4.78, 5) is 14.7. The van der Waals surface area contributed by atoms with Crippen molar-refractivity contribution in [2.75, 3.05) is 5.75 Å². The normalized spacial score (nSPS) is 22.6. The van der Waals surface area contributed by atoms with Crippen molar-refractivity contribution in [3.05, 3.63) is 34.7 Å². The summed E-state index contributed by atoms with van der Waals surface area (Å²) >= 11 is 0. The summed E-state index contributed by atoms with van der Waals surface area (Å²) < 4.78 is 25.6. The molecule has 2 heterocycles. The second-order valence-electron chi connectivity index (χ2n) is 5.04. The molecule has 0 aliphatic carbocycles. The minimum absolute atomic E-state index is 0.234. The molecule has 0 radical (unpaired) electrons. The molecule has 102 valence electrons. The third-order valence-electron chi connectivity index (χ3n) is 3.78. The van der Waals surface area contributed by atoms with Gasteiger partial charge in [0.05, 0.1) is 22.0 Å². The van der Waals surface area contributed by atoms with Crippen LogP contribution in [0, 0.1) is 0 Å². The summed E-state index contributed by atoms with van der Waals surface area (Å²) in [5, 5.41) is -0.432. The number of H-pyrrole nitrogens is 1. The largest absolute Gasteiger partial charge is 0.326 e. The van der Waals surface area contributed by atoms with E-state index >= 15 is 0 Å². The minimum Gasteiger partial charge on any atom is -0.306 e. The highest BCUT2D eigenvalue weighted by Crippen LogP contribution is 2.22. The van der Waals surface area contributed by atoms with Gasteiger partial charge >= 0.3 is 5.69 Å². The van der Waals surface area contributed by atoms with Gasteiger partial charge < -0.3 is 4.98 Å². The van der Waals surface area contributed by atoms with Crippen LogP contribution in [0.2, 0.25) is 0 Å².